The quantitative estimate of drug-likeness (QED) is 0.464. The summed E-state index contributed by atoms with van der Waals surface area (Å²) in [5.41, 5.74) is 2.15. The largest absolute Gasteiger partial charge is 0.354 e. The first kappa shape index (κ1) is 19.9. The van der Waals surface area contributed by atoms with Gasteiger partial charge < -0.3 is 15.2 Å². The second-order valence-electron chi connectivity index (χ2n) is 6.52. The standard InChI is InChI=1S/C21H24ClN5O/c1-15(11-12-16-7-4-3-5-8-16)25-21(23-2)24-14-19-26-20(27-28-19)17-9-6-10-18(22)13-17/h3-10,13,15H,11-12,14H2,1-2H3,(H2,23,24,25). The Morgan fingerprint density at radius 3 is 2.75 bits per heavy atom. The van der Waals surface area contributed by atoms with E-state index in [-0.39, 0.29) is 6.04 Å². The predicted octanol–water partition coefficient (Wildman–Crippen LogP) is 4.08. The van der Waals surface area contributed by atoms with E-state index in [0.717, 1.165) is 18.4 Å². The van der Waals surface area contributed by atoms with E-state index >= 15 is 0 Å². The predicted molar refractivity (Wildman–Crippen MR) is 112 cm³/mol. The van der Waals surface area contributed by atoms with Crippen molar-refractivity contribution < 1.29 is 4.52 Å². The van der Waals surface area contributed by atoms with Crippen LogP contribution in [-0.2, 0) is 13.0 Å². The van der Waals surface area contributed by atoms with Gasteiger partial charge in [-0.05, 0) is 37.5 Å². The summed E-state index contributed by atoms with van der Waals surface area (Å²) in [6.45, 7) is 2.53. The molecule has 0 radical (unpaired) electrons. The SMILES string of the molecule is CN=C(NCc1nc(-c2cccc(Cl)c2)no1)NC(C)CCc1ccccc1. The van der Waals surface area contributed by atoms with Gasteiger partial charge in [0.05, 0.1) is 6.54 Å². The molecule has 0 saturated heterocycles. The Morgan fingerprint density at radius 1 is 1.18 bits per heavy atom. The van der Waals surface area contributed by atoms with Gasteiger partial charge in [-0.15, -0.1) is 0 Å². The lowest BCUT2D eigenvalue weighted by molar-refractivity contribution is 0.375. The van der Waals surface area contributed by atoms with Crippen molar-refractivity contribution in [1.29, 1.82) is 0 Å². The van der Waals surface area contributed by atoms with Gasteiger partial charge >= 0.3 is 0 Å². The van der Waals surface area contributed by atoms with Crippen LogP contribution in [0, 0.1) is 0 Å². The number of rotatable bonds is 7. The number of benzene rings is 2. The molecule has 1 aromatic heterocycles. The summed E-state index contributed by atoms with van der Waals surface area (Å²) in [7, 11) is 1.74. The van der Waals surface area contributed by atoms with E-state index in [4.69, 9.17) is 16.1 Å². The molecule has 0 spiro atoms. The molecule has 1 heterocycles. The molecular weight excluding hydrogens is 374 g/mol. The molecule has 3 aromatic rings. The average molecular weight is 398 g/mol. The average Bonchev–Trinajstić information content (AvgIpc) is 3.19. The fourth-order valence-electron chi connectivity index (χ4n) is 2.76. The van der Waals surface area contributed by atoms with E-state index in [9.17, 15) is 0 Å². The number of nitrogens with zero attached hydrogens (tertiary/aromatic N) is 3. The highest BCUT2D eigenvalue weighted by Crippen LogP contribution is 2.19. The smallest absolute Gasteiger partial charge is 0.246 e. The molecule has 1 unspecified atom stereocenters. The van der Waals surface area contributed by atoms with Crippen LogP contribution < -0.4 is 10.6 Å². The van der Waals surface area contributed by atoms with Crippen molar-refractivity contribution in [3.63, 3.8) is 0 Å². The molecule has 0 bridgehead atoms. The number of hydrogen-bond acceptors (Lipinski definition) is 4. The van der Waals surface area contributed by atoms with E-state index in [1.807, 2.05) is 24.3 Å². The fourth-order valence-corrected chi connectivity index (χ4v) is 2.95. The molecule has 2 aromatic carbocycles. The highest BCUT2D eigenvalue weighted by molar-refractivity contribution is 6.30. The Balaban J connectivity index is 1.49. The normalized spacial score (nSPS) is 12.6. The highest BCUT2D eigenvalue weighted by Gasteiger charge is 2.11. The molecule has 0 saturated carbocycles. The lowest BCUT2D eigenvalue weighted by Gasteiger charge is -2.17. The number of aryl methyl sites for hydroxylation is 1. The van der Waals surface area contributed by atoms with Crippen LogP contribution in [0.2, 0.25) is 5.02 Å². The van der Waals surface area contributed by atoms with E-state index in [2.05, 4.69) is 57.0 Å². The maximum atomic E-state index is 6.01. The molecule has 0 fully saturated rings. The molecule has 0 aliphatic rings. The van der Waals surface area contributed by atoms with Crippen LogP contribution >= 0.6 is 11.6 Å². The summed E-state index contributed by atoms with van der Waals surface area (Å²) in [5.74, 6) is 1.69. The maximum absolute atomic E-state index is 6.01. The lowest BCUT2D eigenvalue weighted by atomic mass is 10.1. The summed E-state index contributed by atoms with van der Waals surface area (Å²) in [4.78, 5) is 8.66. The van der Waals surface area contributed by atoms with Crippen molar-refractivity contribution in [3.8, 4) is 11.4 Å². The van der Waals surface area contributed by atoms with Crippen LogP contribution in [-0.4, -0.2) is 29.2 Å². The second-order valence-corrected chi connectivity index (χ2v) is 6.95. The Hall–Kier alpha value is -2.86. The third-order valence-corrected chi connectivity index (χ3v) is 4.51. The summed E-state index contributed by atoms with van der Waals surface area (Å²) >= 11 is 6.01. The Labute approximate surface area is 170 Å². The molecule has 3 rings (SSSR count). The molecule has 1 atom stereocenters. The van der Waals surface area contributed by atoms with Crippen molar-refractivity contribution in [2.75, 3.05) is 7.05 Å². The maximum Gasteiger partial charge on any atom is 0.246 e. The molecule has 146 valence electrons. The van der Waals surface area contributed by atoms with Crippen molar-refractivity contribution in [3.05, 3.63) is 71.1 Å². The molecule has 7 heteroatoms. The van der Waals surface area contributed by atoms with Gasteiger partial charge in [-0.3, -0.25) is 4.99 Å². The van der Waals surface area contributed by atoms with Crippen LogP contribution in [0.1, 0.15) is 24.8 Å². The minimum absolute atomic E-state index is 0.274. The van der Waals surface area contributed by atoms with Crippen molar-refractivity contribution in [2.24, 2.45) is 4.99 Å². The zero-order valence-corrected chi connectivity index (χ0v) is 16.8. The first-order chi connectivity index (χ1) is 13.6. The molecule has 2 N–H and O–H groups in total. The number of guanidine groups is 1. The molecule has 0 aliphatic heterocycles. The zero-order chi connectivity index (χ0) is 19.8. The number of nitrogens with one attached hydrogen (secondary N) is 2. The Morgan fingerprint density at radius 2 is 2.00 bits per heavy atom. The van der Waals surface area contributed by atoms with E-state index < -0.39 is 0 Å². The minimum Gasteiger partial charge on any atom is -0.354 e. The van der Waals surface area contributed by atoms with Gasteiger partial charge in [0.15, 0.2) is 5.96 Å². The zero-order valence-electron chi connectivity index (χ0n) is 16.0. The Kier molecular flexibility index (Phi) is 7.03. The summed E-state index contributed by atoms with van der Waals surface area (Å²) in [5, 5.41) is 11.2. The first-order valence-electron chi connectivity index (χ1n) is 9.23. The van der Waals surface area contributed by atoms with Gasteiger partial charge in [0, 0.05) is 23.7 Å². The molecular formula is C21H24ClN5O. The van der Waals surface area contributed by atoms with Crippen LogP contribution in [0.3, 0.4) is 0 Å². The van der Waals surface area contributed by atoms with Gasteiger partial charge in [-0.1, -0.05) is 59.2 Å². The van der Waals surface area contributed by atoms with Crippen LogP contribution in [0.25, 0.3) is 11.4 Å². The van der Waals surface area contributed by atoms with Gasteiger partial charge in [-0.25, -0.2) is 0 Å². The molecule has 0 amide bonds. The highest BCUT2D eigenvalue weighted by atomic mass is 35.5. The molecule has 28 heavy (non-hydrogen) atoms. The topological polar surface area (TPSA) is 75.3 Å². The van der Waals surface area contributed by atoms with Crippen LogP contribution in [0.4, 0.5) is 0 Å². The van der Waals surface area contributed by atoms with Gasteiger partial charge in [-0.2, -0.15) is 4.98 Å². The van der Waals surface area contributed by atoms with Gasteiger partial charge in [0.25, 0.3) is 0 Å². The van der Waals surface area contributed by atoms with Crippen molar-refractivity contribution in [2.45, 2.75) is 32.4 Å². The summed E-state index contributed by atoms with van der Waals surface area (Å²) in [6.07, 6.45) is 2.02. The van der Waals surface area contributed by atoms with Gasteiger partial charge in [0.1, 0.15) is 0 Å². The molecule has 6 nitrogen and oxygen atoms in total. The van der Waals surface area contributed by atoms with Crippen LogP contribution in [0.5, 0.6) is 0 Å². The number of halogens is 1. The second kappa shape index (κ2) is 9.90. The van der Waals surface area contributed by atoms with E-state index in [1.165, 1.54) is 5.56 Å². The van der Waals surface area contributed by atoms with Crippen molar-refractivity contribution in [1.82, 2.24) is 20.8 Å². The summed E-state index contributed by atoms with van der Waals surface area (Å²) < 4.78 is 5.31. The van der Waals surface area contributed by atoms with E-state index in [1.54, 1.807) is 13.1 Å². The van der Waals surface area contributed by atoms with Gasteiger partial charge in [0.2, 0.25) is 11.7 Å². The number of aliphatic imine (C=N–C) groups is 1. The minimum atomic E-state index is 0.274. The Bertz CT molecular complexity index is 910. The fraction of sp³-hybridized carbons (Fsp3) is 0.286. The number of aromatic nitrogens is 2. The van der Waals surface area contributed by atoms with Crippen LogP contribution in [0.15, 0.2) is 64.1 Å². The monoisotopic (exact) mass is 397 g/mol. The third kappa shape index (κ3) is 5.82. The molecule has 0 aliphatic carbocycles. The van der Waals surface area contributed by atoms with E-state index in [0.29, 0.717) is 29.2 Å². The first-order valence-corrected chi connectivity index (χ1v) is 9.61. The van der Waals surface area contributed by atoms with Crippen molar-refractivity contribution >= 4 is 17.6 Å². The lowest BCUT2D eigenvalue weighted by Crippen LogP contribution is -2.42. The number of hydrogen-bond donors (Lipinski definition) is 2. The summed E-state index contributed by atoms with van der Waals surface area (Å²) in [6, 6.07) is 18.1. The third-order valence-electron chi connectivity index (χ3n) is 4.27.